The number of carbonyl (C=O) groups excluding carboxylic acids is 2. The summed E-state index contributed by atoms with van der Waals surface area (Å²) in [6.07, 6.45) is 3.93. The Hall–Kier alpha value is -3.87. The molecule has 0 saturated heterocycles. The predicted octanol–water partition coefficient (Wildman–Crippen LogP) is 5.66. The molecule has 1 aliphatic heterocycles. The van der Waals surface area contributed by atoms with Crippen LogP contribution in [0.5, 0.6) is 11.5 Å². The van der Waals surface area contributed by atoms with Gasteiger partial charge in [-0.25, -0.2) is 4.39 Å². The molecule has 1 heterocycles. The van der Waals surface area contributed by atoms with E-state index in [0.29, 0.717) is 41.5 Å². The minimum atomic E-state index is -0.998. The Bertz CT molecular complexity index is 1280. The van der Waals surface area contributed by atoms with Crippen molar-refractivity contribution in [1.29, 1.82) is 0 Å². The molecule has 2 amide bonds. The smallest absolute Gasteiger partial charge is 0.259 e. The van der Waals surface area contributed by atoms with Crippen LogP contribution in [0.2, 0.25) is 0 Å². The van der Waals surface area contributed by atoms with Crippen LogP contribution < -0.4 is 19.7 Å². The Kier molecular flexibility index (Phi) is 7.12. The van der Waals surface area contributed by atoms with Gasteiger partial charge in [0.15, 0.2) is 11.5 Å². The number of rotatable bonds is 6. The number of fused-ring (bicyclic) bond motifs is 1. The van der Waals surface area contributed by atoms with E-state index in [1.54, 1.807) is 35.2 Å². The fourth-order valence-electron chi connectivity index (χ4n) is 5.26. The molecule has 6 nitrogen and oxygen atoms in total. The van der Waals surface area contributed by atoms with Gasteiger partial charge in [0.05, 0.1) is 5.69 Å². The molecule has 1 unspecified atom stereocenters. The topological polar surface area (TPSA) is 67.9 Å². The monoisotopic (exact) mass is 502 g/mol. The van der Waals surface area contributed by atoms with Crippen molar-refractivity contribution in [3.05, 3.63) is 88.7 Å². The first-order chi connectivity index (χ1) is 17.9. The Labute approximate surface area is 216 Å². The lowest BCUT2D eigenvalue weighted by Gasteiger charge is -2.34. The number of anilines is 1. The van der Waals surface area contributed by atoms with Crippen LogP contribution in [0.1, 0.15) is 58.8 Å². The summed E-state index contributed by atoms with van der Waals surface area (Å²) in [7, 11) is 0. The van der Waals surface area contributed by atoms with Gasteiger partial charge in [-0.2, -0.15) is 0 Å². The number of hydrogen-bond donors (Lipinski definition) is 1. The Morgan fingerprint density at radius 1 is 0.919 bits per heavy atom. The molecule has 2 aliphatic rings. The highest BCUT2D eigenvalue weighted by atomic mass is 19.1. The largest absolute Gasteiger partial charge is 0.486 e. The maximum absolute atomic E-state index is 14.3. The first kappa shape index (κ1) is 24.8. The van der Waals surface area contributed by atoms with Gasteiger partial charge in [-0.15, -0.1) is 0 Å². The molecule has 0 aromatic heterocycles. The van der Waals surface area contributed by atoms with Crippen LogP contribution in [-0.2, 0) is 4.79 Å². The van der Waals surface area contributed by atoms with Crippen molar-refractivity contribution in [2.75, 3.05) is 18.1 Å². The maximum Gasteiger partial charge on any atom is 0.259 e. The van der Waals surface area contributed by atoms with E-state index < -0.39 is 11.9 Å². The summed E-state index contributed by atoms with van der Waals surface area (Å²) in [4.78, 5) is 29.8. The van der Waals surface area contributed by atoms with E-state index in [4.69, 9.17) is 9.47 Å². The molecule has 1 atom stereocenters. The summed E-state index contributed by atoms with van der Waals surface area (Å²) in [5.74, 6) is 0.0237. The lowest BCUT2D eigenvalue weighted by molar-refractivity contribution is -0.123. The average molecular weight is 503 g/mol. The number of para-hydroxylation sites is 1. The highest BCUT2D eigenvalue weighted by Crippen LogP contribution is 2.37. The quantitative estimate of drug-likeness (QED) is 0.472. The zero-order valence-electron chi connectivity index (χ0n) is 21.1. The molecule has 5 rings (SSSR count). The fourth-order valence-corrected chi connectivity index (χ4v) is 5.26. The molecule has 3 aromatic rings. The molecular formula is C30H31FN2O4. The Morgan fingerprint density at radius 3 is 2.24 bits per heavy atom. The second-order valence-electron chi connectivity index (χ2n) is 9.72. The molecule has 192 valence electrons. The minimum Gasteiger partial charge on any atom is -0.486 e. The fraction of sp³-hybridized carbons (Fsp3) is 0.333. The third-order valence-corrected chi connectivity index (χ3v) is 7.08. The Morgan fingerprint density at radius 2 is 1.57 bits per heavy atom. The van der Waals surface area contributed by atoms with Crippen molar-refractivity contribution in [3.63, 3.8) is 0 Å². The van der Waals surface area contributed by atoms with Crippen molar-refractivity contribution in [1.82, 2.24) is 5.32 Å². The summed E-state index contributed by atoms with van der Waals surface area (Å²) in [6.45, 7) is 4.68. The molecule has 1 aliphatic carbocycles. The number of benzene rings is 3. The van der Waals surface area contributed by atoms with Gasteiger partial charge >= 0.3 is 0 Å². The number of hydrogen-bond acceptors (Lipinski definition) is 4. The number of nitrogens with one attached hydrogen (secondary N) is 1. The molecule has 7 heteroatoms. The summed E-state index contributed by atoms with van der Waals surface area (Å²) < 4.78 is 25.3. The molecule has 0 radical (unpaired) electrons. The van der Waals surface area contributed by atoms with Crippen LogP contribution in [0, 0.1) is 19.7 Å². The number of amides is 2. The molecule has 1 fully saturated rings. The van der Waals surface area contributed by atoms with E-state index in [0.717, 1.165) is 36.8 Å². The van der Waals surface area contributed by atoms with E-state index >= 15 is 0 Å². The highest BCUT2D eigenvalue weighted by molar-refractivity contribution is 6.11. The summed E-state index contributed by atoms with van der Waals surface area (Å²) in [5.41, 5.74) is 3.26. The minimum absolute atomic E-state index is 0.0552. The van der Waals surface area contributed by atoms with Crippen LogP contribution in [0.3, 0.4) is 0 Å². The van der Waals surface area contributed by atoms with Crippen molar-refractivity contribution >= 4 is 17.5 Å². The third-order valence-electron chi connectivity index (χ3n) is 7.08. The standard InChI is InChI=1S/C30H31FN2O4/c1-19-6-5-7-20(2)27(19)33(30(35)22-12-15-25-26(18-22)37-17-16-36-25)28(21-10-13-23(31)14-11-21)29(34)32-24-8-3-4-9-24/h5-7,10-15,18,24,28H,3-4,8-9,16-17H2,1-2H3,(H,32,34). The number of ether oxygens (including phenoxy) is 2. The first-order valence-electron chi connectivity index (χ1n) is 12.8. The number of aryl methyl sites for hydroxylation is 2. The highest BCUT2D eigenvalue weighted by Gasteiger charge is 2.36. The second-order valence-corrected chi connectivity index (χ2v) is 9.72. The van der Waals surface area contributed by atoms with Gasteiger partial charge in [0.2, 0.25) is 5.91 Å². The predicted molar refractivity (Wildman–Crippen MR) is 140 cm³/mol. The summed E-state index contributed by atoms with van der Waals surface area (Å²) in [5, 5.41) is 3.17. The average Bonchev–Trinajstić information content (AvgIpc) is 3.41. The van der Waals surface area contributed by atoms with E-state index in [1.807, 2.05) is 32.0 Å². The third kappa shape index (κ3) is 5.17. The normalized spacial score (nSPS) is 15.8. The van der Waals surface area contributed by atoms with Crippen molar-refractivity contribution in [2.45, 2.75) is 51.6 Å². The lowest BCUT2D eigenvalue weighted by Crippen LogP contribution is -2.47. The van der Waals surface area contributed by atoms with E-state index in [1.165, 1.54) is 12.1 Å². The molecular weight excluding hydrogens is 471 g/mol. The first-order valence-corrected chi connectivity index (χ1v) is 12.8. The number of halogens is 1. The zero-order valence-corrected chi connectivity index (χ0v) is 21.1. The van der Waals surface area contributed by atoms with Crippen LogP contribution in [-0.4, -0.2) is 31.1 Å². The molecule has 1 N–H and O–H groups in total. The zero-order chi connectivity index (χ0) is 25.9. The van der Waals surface area contributed by atoms with Gasteiger partial charge in [0, 0.05) is 11.6 Å². The second kappa shape index (κ2) is 10.6. The molecule has 0 bridgehead atoms. The van der Waals surface area contributed by atoms with Gasteiger partial charge in [-0.05, 0) is 73.7 Å². The molecule has 37 heavy (non-hydrogen) atoms. The van der Waals surface area contributed by atoms with Gasteiger partial charge in [0.25, 0.3) is 5.91 Å². The number of nitrogens with zero attached hydrogens (tertiary/aromatic N) is 1. The maximum atomic E-state index is 14.3. The summed E-state index contributed by atoms with van der Waals surface area (Å²) in [6, 6.07) is 15.7. The molecule has 0 spiro atoms. The van der Waals surface area contributed by atoms with Crippen molar-refractivity contribution in [2.24, 2.45) is 0 Å². The van der Waals surface area contributed by atoms with E-state index in [9.17, 15) is 14.0 Å². The van der Waals surface area contributed by atoms with E-state index in [-0.39, 0.29) is 17.9 Å². The SMILES string of the molecule is Cc1cccc(C)c1N(C(=O)c1ccc2c(c1)OCCO2)C(C(=O)NC1CCCC1)c1ccc(F)cc1. The van der Waals surface area contributed by atoms with Crippen LogP contribution >= 0.6 is 0 Å². The Balaban J connectivity index is 1.64. The van der Waals surface area contributed by atoms with Crippen molar-refractivity contribution < 1.29 is 23.5 Å². The van der Waals surface area contributed by atoms with Gasteiger partial charge in [-0.1, -0.05) is 43.2 Å². The van der Waals surface area contributed by atoms with Crippen LogP contribution in [0.4, 0.5) is 10.1 Å². The van der Waals surface area contributed by atoms with Crippen LogP contribution in [0.25, 0.3) is 0 Å². The van der Waals surface area contributed by atoms with Gasteiger partial charge in [-0.3, -0.25) is 14.5 Å². The van der Waals surface area contributed by atoms with Gasteiger partial charge < -0.3 is 14.8 Å². The number of carbonyl (C=O) groups is 2. The van der Waals surface area contributed by atoms with Crippen molar-refractivity contribution in [3.8, 4) is 11.5 Å². The van der Waals surface area contributed by atoms with Crippen LogP contribution in [0.15, 0.2) is 60.7 Å². The summed E-state index contributed by atoms with van der Waals surface area (Å²) >= 11 is 0. The van der Waals surface area contributed by atoms with Gasteiger partial charge in [0.1, 0.15) is 25.1 Å². The molecule has 3 aromatic carbocycles. The van der Waals surface area contributed by atoms with E-state index in [2.05, 4.69) is 5.32 Å². The molecule has 1 saturated carbocycles. The lowest BCUT2D eigenvalue weighted by atomic mass is 9.98.